The Hall–Kier alpha value is -3.33. The van der Waals surface area contributed by atoms with Gasteiger partial charge in [0.25, 0.3) is 0 Å². The molecule has 0 amide bonds. The second kappa shape index (κ2) is 11.2. The molecule has 1 aromatic heterocycles. The van der Waals surface area contributed by atoms with E-state index >= 15 is 0 Å². The van der Waals surface area contributed by atoms with Crippen molar-refractivity contribution < 1.29 is 0 Å². The second-order valence-corrected chi connectivity index (χ2v) is 13.2. The van der Waals surface area contributed by atoms with Crippen molar-refractivity contribution in [2.24, 2.45) is 0 Å². The van der Waals surface area contributed by atoms with Gasteiger partial charge in [-0.3, -0.25) is 0 Å². The van der Waals surface area contributed by atoms with Gasteiger partial charge in [-0.25, -0.2) is 15.0 Å². The summed E-state index contributed by atoms with van der Waals surface area (Å²) in [4.78, 5) is 13.8. The van der Waals surface area contributed by atoms with Gasteiger partial charge in [-0.1, -0.05) is 126 Å². The maximum absolute atomic E-state index is 4.85. The first-order chi connectivity index (χ1) is 17.6. The topological polar surface area (TPSA) is 38.7 Å². The van der Waals surface area contributed by atoms with Crippen LogP contribution < -0.4 is 0 Å². The highest BCUT2D eigenvalue weighted by atomic mass is 15.0. The van der Waals surface area contributed by atoms with Crippen molar-refractivity contribution in [3.63, 3.8) is 0 Å². The van der Waals surface area contributed by atoms with Crippen LogP contribution in [0.2, 0.25) is 0 Å². The third kappa shape index (κ3) is 6.95. The van der Waals surface area contributed by atoms with E-state index in [9.17, 15) is 0 Å². The van der Waals surface area contributed by atoms with Gasteiger partial charge in [0.1, 0.15) is 18.0 Å². The molecule has 0 atom stereocenters. The molecule has 3 nitrogen and oxygen atoms in total. The molecule has 200 valence electrons. The lowest BCUT2D eigenvalue weighted by Gasteiger charge is -2.27. The third-order valence-electron chi connectivity index (χ3n) is 7.30. The van der Waals surface area contributed by atoms with E-state index < -0.39 is 0 Å². The molecule has 0 radical (unpaired) electrons. The lowest BCUT2D eigenvalue weighted by Crippen LogP contribution is -2.28. The maximum Gasteiger partial charge on any atom is 0.142 e. The Morgan fingerprint density at radius 1 is 0.395 bits per heavy atom. The van der Waals surface area contributed by atoms with Gasteiger partial charge in [-0.15, -0.1) is 0 Å². The summed E-state index contributed by atoms with van der Waals surface area (Å²) in [7, 11) is 0. The Labute approximate surface area is 230 Å². The van der Waals surface area contributed by atoms with Crippen molar-refractivity contribution in [2.75, 3.05) is 0 Å². The standard InChI is InChI=1S/C21H23N3.C14H22/c1-20(2,16-11-7-5-8-12-16)18-22-15-23-19(24-18)21(3,4)17-13-9-6-10-14-17;1-13(2,3)11-7-9-12(10-8-11)14(4,5)6/h5-15H,1-4H3;7-10H,1-6H3. The van der Waals surface area contributed by atoms with E-state index in [2.05, 4.69) is 128 Å². The number of nitrogens with zero attached hydrogens (tertiary/aromatic N) is 3. The molecule has 0 N–H and O–H groups in total. The van der Waals surface area contributed by atoms with Crippen molar-refractivity contribution in [1.82, 2.24) is 15.0 Å². The zero-order valence-electron chi connectivity index (χ0n) is 25.0. The molecule has 0 saturated heterocycles. The van der Waals surface area contributed by atoms with Crippen LogP contribution in [0, 0.1) is 0 Å². The SMILES string of the molecule is CC(C)(C)c1ccc(C(C)(C)C)cc1.CC(C)(c1ccccc1)c1ncnc(C(C)(C)c2ccccc2)n1. The highest BCUT2D eigenvalue weighted by Gasteiger charge is 2.31. The molecule has 38 heavy (non-hydrogen) atoms. The first kappa shape index (κ1) is 29.2. The van der Waals surface area contributed by atoms with E-state index in [0.29, 0.717) is 0 Å². The predicted octanol–water partition coefficient (Wildman–Crippen LogP) is 8.81. The van der Waals surface area contributed by atoms with Crippen LogP contribution in [0.3, 0.4) is 0 Å². The zero-order chi connectivity index (χ0) is 28.2. The van der Waals surface area contributed by atoms with Gasteiger partial charge in [-0.2, -0.15) is 0 Å². The minimum atomic E-state index is -0.272. The molecule has 0 spiro atoms. The lowest BCUT2D eigenvalue weighted by molar-refractivity contribution is 0.535. The van der Waals surface area contributed by atoms with Crippen LogP contribution in [0.1, 0.15) is 103 Å². The molecule has 0 aliphatic heterocycles. The molecule has 3 heteroatoms. The van der Waals surface area contributed by atoms with Crippen LogP contribution in [-0.4, -0.2) is 15.0 Å². The molecule has 0 saturated carbocycles. The first-order valence-electron chi connectivity index (χ1n) is 13.6. The molecule has 4 rings (SSSR count). The van der Waals surface area contributed by atoms with Crippen LogP contribution in [-0.2, 0) is 21.7 Å². The van der Waals surface area contributed by atoms with Crippen LogP contribution in [0.25, 0.3) is 0 Å². The van der Waals surface area contributed by atoms with Crippen molar-refractivity contribution in [3.8, 4) is 0 Å². The number of benzene rings is 3. The second-order valence-electron chi connectivity index (χ2n) is 13.2. The Morgan fingerprint density at radius 2 is 0.711 bits per heavy atom. The van der Waals surface area contributed by atoms with E-state index in [1.54, 1.807) is 6.33 Å². The van der Waals surface area contributed by atoms with Crippen molar-refractivity contribution in [3.05, 3.63) is 125 Å². The molecule has 4 aromatic rings. The molecule has 1 heterocycles. The van der Waals surface area contributed by atoms with E-state index in [-0.39, 0.29) is 21.7 Å². The fraction of sp³-hybridized carbons (Fsp3) is 0.400. The van der Waals surface area contributed by atoms with E-state index in [0.717, 1.165) is 11.6 Å². The fourth-order valence-electron chi connectivity index (χ4n) is 4.34. The molecule has 0 fully saturated rings. The summed E-state index contributed by atoms with van der Waals surface area (Å²) >= 11 is 0. The smallest absolute Gasteiger partial charge is 0.142 e. The molecule has 0 bridgehead atoms. The van der Waals surface area contributed by atoms with Crippen LogP contribution in [0.15, 0.2) is 91.3 Å². The minimum Gasteiger partial charge on any atom is -0.220 e. The van der Waals surface area contributed by atoms with Crippen LogP contribution >= 0.6 is 0 Å². The summed E-state index contributed by atoms with van der Waals surface area (Å²) in [5.41, 5.74) is 5.18. The van der Waals surface area contributed by atoms with Crippen LogP contribution in [0.5, 0.6) is 0 Å². The van der Waals surface area contributed by atoms with Gasteiger partial charge in [0.05, 0.1) is 0 Å². The predicted molar refractivity (Wildman–Crippen MR) is 161 cm³/mol. The highest BCUT2D eigenvalue weighted by molar-refractivity contribution is 5.34. The number of hydrogen-bond acceptors (Lipinski definition) is 3. The van der Waals surface area contributed by atoms with Crippen molar-refractivity contribution in [1.29, 1.82) is 0 Å². The van der Waals surface area contributed by atoms with E-state index in [1.807, 2.05) is 36.4 Å². The van der Waals surface area contributed by atoms with Crippen molar-refractivity contribution in [2.45, 2.75) is 90.9 Å². The Bertz CT molecular complexity index is 1190. The summed E-state index contributed by atoms with van der Waals surface area (Å²) < 4.78 is 0. The summed E-state index contributed by atoms with van der Waals surface area (Å²) in [6.45, 7) is 22.1. The number of rotatable bonds is 4. The third-order valence-corrected chi connectivity index (χ3v) is 7.30. The first-order valence-corrected chi connectivity index (χ1v) is 13.6. The van der Waals surface area contributed by atoms with Crippen molar-refractivity contribution >= 4 is 0 Å². The minimum absolute atomic E-state index is 0.260. The molecular weight excluding hydrogens is 462 g/mol. The lowest BCUT2D eigenvalue weighted by atomic mass is 9.82. The zero-order valence-corrected chi connectivity index (χ0v) is 25.0. The number of hydrogen-bond donors (Lipinski definition) is 0. The molecule has 3 aromatic carbocycles. The largest absolute Gasteiger partial charge is 0.220 e. The maximum atomic E-state index is 4.85. The molecular formula is C35H45N3. The summed E-state index contributed by atoms with van der Waals surface area (Å²) in [6, 6.07) is 29.7. The normalized spacial score (nSPS) is 12.5. The molecule has 0 aliphatic rings. The average molecular weight is 508 g/mol. The van der Waals surface area contributed by atoms with E-state index in [1.165, 1.54) is 22.3 Å². The summed E-state index contributed by atoms with van der Waals surface area (Å²) in [5, 5.41) is 0. The Balaban J connectivity index is 0.000000244. The van der Waals surface area contributed by atoms with E-state index in [4.69, 9.17) is 4.98 Å². The van der Waals surface area contributed by atoms with Gasteiger partial charge in [-0.05, 0) is 60.8 Å². The van der Waals surface area contributed by atoms with Gasteiger partial charge < -0.3 is 0 Å². The van der Waals surface area contributed by atoms with Gasteiger partial charge >= 0.3 is 0 Å². The molecule has 0 unspecified atom stereocenters. The summed E-state index contributed by atoms with van der Waals surface area (Å²) in [6.07, 6.45) is 1.63. The van der Waals surface area contributed by atoms with Gasteiger partial charge in [0, 0.05) is 10.8 Å². The fourth-order valence-corrected chi connectivity index (χ4v) is 4.34. The van der Waals surface area contributed by atoms with Gasteiger partial charge in [0.2, 0.25) is 0 Å². The Morgan fingerprint density at radius 3 is 1.00 bits per heavy atom. The van der Waals surface area contributed by atoms with Gasteiger partial charge in [0.15, 0.2) is 0 Å². The highest BCUT2D eigenvalue weighted by Crippen LogP contribution is 2.32. The monoisotopic (exact) mass is 507 g/mol. The Kier molecular flexibility index (Phi) is 8.61. The summed E-state index contributed by atoms with van der Waals surface area (Å²) in [5.74, 6) is 1.59. The quantitative estimate of drug-likeness (QED) is 0.277. The average Bonchev–Trinajstić information content (AvgIpc) is 2.89. The molecule has 0 aliphatic carbocycles. The van der Waals surface area contributed by atoms with Crippen LogP contribution in [0.4, 0.5) is 0 Å². The number of aromatic nitrogens is 3.